The summed E-state index contributed by atoms with van der Waals surface area (Å²) in [5, 5.41) is 0. The molecule has 0 saturated heterocycles. The summed E-state index contributed by atoms with van der Waals surface area (Å²) in [6.07, 6.45) is 3.45. The minimum Gasteiger partial charge on any atom is -0.294 e. The minimum atomic E-state index is 0.245. The van der Waals surface area contributed by atoms with E-state index in [9.17, 15) is 4.79 Å². The molecule has 20 heavy (non-hydrogen) atoms. The summed E-state index contributed by atoms with van der Waals surface area (Å²) in [6, 6.07) is 14.5. The van der Waals surface area contributed by atoms with Gasteiger partial charge < -0.3 is 0 Å². The van der Waals surface area contributed by atoms with Gasteiger partial charge in [-0.15, -0.1) is 11.8 Å². The van der Waals surface area contributed by atoms with Gasteiger partial charge in [-0.2, -0.15) is 0 Å². The van der Waals surface area contributed by atoms with Crippen LogP contribution < -0.4 is 0 Å². The maximum Gasteiger partial charge on any atom is 0.163 e. The van der Waals surface area contributed by atoms with Gasteiger partial charge in [-0.05, 0) is 55.3 Å². The first-order valence-corrected chi connectivity index (χ1v) is 8.06. The number of Topliss-reactive ketones (excluding diaryl/α,β-unsaturated/α-hetero) is 1. The monoisotopic (exact) mass is 284 g/mol. The van der Waals surface area contributed by atoms with Crippen LogP contribution in [-0.2, 0) is 6.42 Å². The van der Waals surface area contributed by atoms with Gasteiger partial charge >= 0.3 is 0 Å². The summed E-state index contributed by atoms with van der Waals surface area (Å²) in [6.45, 7) is 4.01. The fraction of sp³-hybridized carbons (Fsp3) is 0.278. The quantitative estimate of drug-likeness (QED) is 0.577. The van der Waals surface area contributed by atoms with Gasteiger partial charge in [0.25, 0.3) is 0 Å². The highest BCUT2D eigenvalue weighted by Gasteiger charge is 2.11. The SMILES string of the molecule is CSc1ccc(CCC(=O)c2c(C)cccc2C)cc1. The molecule has 0 atom stereocenters. The molecule has 1 nitrogen and oxygen atoms in total. The molecule has 0 unspecified atom stereocenters. The molecule has 0 amide bonds. The Labute approximate surface area is 125 Å². The number of hydrogen-bond donors (Lipinski definition) is 0. The first-order chi connectivity index (χ1) is 9.61. The largest absolute Gasteiger partial charge is 0.294 e. The maximum atomic E-state index is 12.4. The number of thioether (sulfide) groups is 1. The molecule has 2 heteroatoms. The number of aryl methyl sites for hydroxylation is 3. The van der Waals surface area contributed by atoms with Crippen molar-refractivity contribution >= 4 is 17.5 Å². The molecule has 2 aromatic rings. The van der Waals surface area contributed by atoms with Crippen molar-refractivity contribution in [1.29, 1.82) is 0 Å². The molecule has 0 spiro atoms. The second-order valence-electron chi connectivity index (χ2n) is 5.04. The highest BCUT2D eigenvalue weighted by Crippen LogP contribution is 2.18. The smallest absolute Gasteiger partial charge is 0.163 e. The van der Waals surface area contributed by atoms with Gasteiger partial charge in [0.1, 0.15) is 0 Å². The second-order valence-corrected chi connectivity index (χ2v) is 5.92. The van der Waals surface area contributed by atoms with E-state index in [-0.39, 0.29) is 5.78 Å². The molecule has 0 aliphatic carbocycles. The third-order valence-corrected chi connectivity index (χ3v) is 4.30. The van der Waals surface area contributed by atoms with Crippen molar-refractivity contribution in [3.63, 3.8) is 0 Å². The molecule has 0 N–H and O–H groups in total. The van der Waals surface area contributed by atoms with Gasteiger partial charge in [0, 0.05) is 16.9 Å². The molecular weight excluding hydrogens is 264 g/mol. The molecule has 0 bridgehead atoms. The standard InChI is InChI=1S/C18H20OS/c1-13-5-4-6-14(2)18(13)17(19)12-9-15-7-10-16(20-3)11-8-15/h4-8,10-11H,9,12H2,1-3H3. The van der Waals surface area contributed by atoms with Crippen molar-refractivity contribution in [2.45, 2.75) is 31.6 Å². The molecule has 0 heterocycles. The lowest BCUT2D eigenvalue weighted by atomic mass is 9.95. The fourth-order valence-corrected chi connectivity index (χ4v) is 2.84. The lowest BCUT2D eigenvalue weighted by molar-refractivity contribution is 0.0981. The van der Waals surface area contributed by atoms with Crippen molar-refractivity contribution in [2.75, 3.05) is 6.26 Å². The molecule has 2 rings (SSSR count). The summed E-state index contributed by atoms with van der Waals surface area (Å²) >= 11 is 1.74. The van der Waals surface area contributed by atoms with E-state index in [4.69, 9.17) is 0 Å². The van der Waals surface area contributed by atoms with Crippen molar-refractivity contribution in [1.82, 2.24) is 0 Å². The Morgan fingerprint density at radius 1 is 1.00 bits per heavy atom. The van der Waals surface area contributed by atoms with Crippen molar-refractivity contribution in [3.05, 3.63) is 64.7 Å². The zero-order valence-corrected chi connectivity index (χ0v) is 13.1. The van der Waals surface area contributed by atoms with E-state index in [2.05, 4.69) is 30.5 Å². The fourth-order valence-electron chi connectivity index (χ4n) is 2.43. The van der Waals surface area contributed by atoms with Crippen molar-refractivity contribution in [2.24, 2.45) is 0 Å². The van der Waals surface area contributed by atoms with Crippen molar-refractivity contribution in [3.8, 4) is 0 Å². The van der Waals surface area contributed by atoms with Crippen LogP contribution in [0.25, 0.3) is 0 Å². The van der Waals surface area contributed by atoms with E-state index in [0.29, 0.717) is 6.42 Å². The average molecular weight is 284 g/mol. The number of benzene rings is 2. The average Bonchev–Trinajstić information content (AvgIpc) is 2.45. The molecule has 0 aromatic heterocycles. The number of hydrogen-bond acceptors (Lipinski definition) is 2. The summed E-state index contributed by atoms with van der Waals surface area (Å²) in [4.78, 5) is 13.6. The molecule has 0 fully saturated rings. The van der Waals surface area contributed by atoms with E-state index < -0.39 is 0 Å². The predicted octanol–water partition coefficient (Wildman–Crippen LogP) is 4.84. The Bertz CT molecular complexity index is 579. The van der Waals surface area contributed by atoms with Crippen molar-refractivity contribution < 1.29 is 4.79 Å². The topological polar surface area (TPSA) is 17.1 Å². The van der Waals surface area contributed by atoms with Crippen LogP contribution in [0.3, 0.4) is 0 Å². The molecule has 0 radical (unpaired) electrons. The Balaban J connectivity index is 2.05. The Hall–Kier alpha value is -1.54. The zero-order valence-electron chi connectivity index (χ0n) is 12.3. The molecule has 2 aromatic carbocycles. The first-order valence-electron chi connectivity index (χ1n) is 6.84. The van der Waals surface area contributed by atoms with Crippen LogP contribution in [0.5, 0.6) is 0 Å². The van der Waals surface area contributed by atoms with Gasteiger partial charge in [-0.3, -0.25) is 4.79 Å². The van der Waals surface area contributed by atoms with Gasteiger partial charge in [-0.25, -0.2) is 0 Å². The Kier molecular flexibility index (Phi) is 5.02. The lowest BCUT2D eigenvalue weighted by Crippen LogP contribution is -2.05. The highest BCUT2D eigenvalue weighted by atomic mass is 32.2. The third kappa shape index (κ3) is 3.51. The van der Waals surface area contributed by atoms with E-state index in [1.807, 2.05) is 32.0 Å². The summed E-state index contributed by atoms with van der Waals surface area (Å²) in [5.74, 6) is 0.245. The van der Waals surface area contributed by atoms with Gasteiger partial charge in [0.05, 0.1) is 0 Å². The normalized spacial score (nSPS) is 10.6. The van der Waals surface area contributed by atoms with Crippen LogP contribution in [0, 0.1) is 13.8 Å². The molecule has 0 saturated carbocycles. The van der Waals surface area contributed by atoms with Gasteiger partial charge in [0.15, 0.2) is 5.78 Å². The van der Waals surface area contributed by atoms with Crippen LogP contribution >= 0.6 is 11.8 Å². The van der Waals surface area contributed by atoms with Gasteiger partial charge in [0.2, 0.25) is 0 Å². The summed E-state index contributed by atoms with van der Waals surface area (Å²) < 4.78 is 0. The molecule has 0 aliphatic rings. The predicted molar refractivity (Wildman–Crippen MR) is 86.8 cm³/mol. The summed E-state index contributed by atoms with van der Waals surface area (Å²) in [5.41, 5.74) is 4.27. The maximum absolute atomic E-state index is 12.4. The lowest BCUT2D eigenvalue weighted by Gasteiger charge is -2.08. The summed E-state index contributed by atoms with van der Waals surface area (Å²) in [7, 11) is 0. The first kappa shape index (κ1) is 14.9. The van der Waals surface area contributed by atoms with E-state index >= 15 is 0 Å². The zero-order chi connectivity index (χ0) is 14.5. The molecule has 0 aliphatic heterocycles. The Morgan fingerprint density at radius 2 is 1.60 bits per heavy atom. The number of carbonyl (C=O) groups is 1. The third-order valence-electron chi connectivity index (χ3n) is 3.56. The minimum absolute atomic E-state index is 0.245. The second kappa shape index (κ2) is 6.76. The number of ketones is 1. The van der Waals surface area contributed by atoms with Gasteiger partial charge in [-0.1, -0.05) is 30.3 Å². The van der Waals surface area contributed by atoms with Crippen LogP contribution in [0.1, 0.15) is 33.5 Å². The van der Waals surface area contributed by atoms with E-state index in [0.717, 1.165) is 23.1 Å². The number of carbonyl (C=O) groups excluding carboxylic acids is 1. The Morgan fingerprint density at radius 3 is 2.15 bits per heavy atom. The molecule has 104 valence electrons. The van der Waals surface area contributed by atoms with Crippen LogP contribution in [0.4, 0.5) is 0 Å². The molecular formula is C18H20OS. The van der Waals surface area contributed by atoms with Crippen LogP contribution in [-0.4, -0.2) is 12.0 Å². The van der Waals surface area contributed by atoms with Crippen LogP contribution in [0.2, 0.25) is 0 Å². The van der Waals surface area contributed by atoms with E-state index in [1.165, 1.54) is 10.5 Å². The highest BCUT2D eigenvalue weighted by molar-refractivity contribution is 7.98. The van der Waals surface area contributed by atoms with Crippen LogP contribution in [0.15, 0.2) is 47.4 Å². The van der Waals surface area contributed by atoms with E-state index in [1.54, 1.807) is 11.8 Å². The number of rotatable bonds is 5.